The molecule has 3 aromatic rings. The molecule has 3 heterocycles. The first kappa shape index (κ1) is 22.7. The molecule has 1 unspecified atom stereocenters. The zero-order valence-corrected chi connectivity index (χ0v) is 19.2. The smallest absolute Gasteiger partial charge is 0.224 e. The number of hydrogen-bond donors (Lipinski definition) is 2. The maximum Gasteiger partial charge on any atom is 0.224 e. The second kappa shape index (κ2) is 9.17. The number of aliphatic hydroxyl groups excluding tert-OH is 1. The summed E-state index contributed by atoms with van der Waals surface area (Å²) in [6.45, 7) is 8.32. The molecular weight excluding hydrogens is 418 g/mol. The molecule has 0 amide bonds. The van der Waals surface area contributed by atoms with Crippen LogP contribution in [0.15, 0.2) is 36.7 Å². The Morgan fingerprint density at radius 3 is 2.85 bits per heavy atom. The summed E-state index contributed by atoms with van der Waals surface area (Å²) in [6.07, 6.45) is 4.74. The van der Waals surface area contributed by atoms with Crippen molar-refractivity contribution in [2.24, 2.45) is 11.1 Å². The first-order chi connectivity index (χ1) is 15.8. The van der Waals surface area contributed by atoms with Gasteiger partial charge in [0, 0.05) is 43.5 Å². The molecule has 0 aliphatic carbocycles. The lowest BCUT2D eigenvalue weighted by Crippen LogP contribution is -2.40. The third kappa shape index (κ3) is 5.13. The minimum Gasteiger partial charge on any atom is -0.437 e. The molecule has 1 aliphatic heterocycles. The molecule has 1 fully saturated rings. The van der Waals surface area contributed by atoms with E-state index >= 15 is 0 Å². The summed E-state index contributed by atoms with van der Waals surface area (Å²) in [5.74, 6) is 2.26. The third-order valence-electron chi connectivity index (χ3n) is 5.79. The average molecular weight is 448 g/mol. The molecule has 4 rings (SSSR count). The molecule has 1 saturated heterocycles. The fourth-order valence-corrected chi connectivity index (χ4v) is 4.10. The van der Waals surface area contributed by atoms with Crippen molar-refractivity contribution >= 4 is 5.82 Å². The van der Waals surface area contributed by atoms with Crippen LogP contribution < -0.4 is 15.4 Å². The summed E-state index contributed by atoms with van der Waals surface area (Å²) in [5.41, 5.74) is 7.44. The third-order valence-corrected chi connectivity index (χ3v) is 5.79. The van der Waals surface area contributed by atoms with Crippen LogP contribution in [-0.4, -0.2) is 44.5 Å². The molecule has 1 atom stereocenters. The fourth-order valence-electron chi connectivity index (χ4n) is 4.10. The predicted molar refractivity (Wildman–Crippen MR) is 124 cm³/mol. The zero-order valence-electron chi connectivity index (χ0n) is 19.2. The van der Waals surface area contributed by atoms with Gasteiger partial charge in [0.1, 0.15) is 17.3 Å². The van der Waals surface area contributed by atoms with Gasteiger partial charge >= 0.3 is 0 Å². The topological polar surface area (TPSA) is 126 Å². The van der Waals surface area contributed by atoms with E-state index < -0.39 is 6.10 Å². The van der Waals surface area contributed by atoms with Crippen molar-refractivity contribution in [1.29, 1.82) is 5.26 Å². The van der Waals surface area contributed by atoms with Gasteiger partial charge in [-0.15, -0.1) is 0 Å². The number of aryl methyl sites for hydroxylation is 1. The van der Waals surface area contributed by atoms with Gasteiger partial charge in [-0.05, 0) is 37.3 Å². The van der Waals surface area contributed by atoms with Gasteiger partial charge in [-0.3, -0.25) is 0 Å². The summed E-state index contributed by atoms with van der Waals surface area (Å²) >= 11 is 0. The predicted octanol–water partition coefficient (Wildman–Crippen LogP) is 3.25. The second-order valence-electron chi connectivity index (χ2n) is 9.17. The molecule has 0 saturated carbocycles. The summed E-state index contributed by atoms with van der Waals surface area (Å²) in [7, 11) is 0. The van der Waals surface area contributed by atoms with E-state index in [1.54, 1.807) is 35.3 Å². The number of aromatic nitrogens is 4. The number of nitrogens with two attached hydrogens (primary N) is 1. The van der Waals surface area contributed by atoms with E-state index in [0.29, 0.717) is 34.3 Å². The van der Waals surface area contributed by atoms with Crippen LogP contribution in [0.4, 0.5) is 5.82 Å². The molecule has 1 aliphatic rings. The van der Waals surface area contributed by atoms with E-state index in [1.165, 1.54) is 6.42 Å². The van der Waals surface area contributed by atoms with Gasteiger partial charge in [0.15, 0.2) is 5.75 Å². The highest BCUT2D eigenvalue weighted by molar-refractivity contribution is 5.53. The fraction of sp³-hybridized carbons (Fsp3) is 0.417. The lowest BCUT2D eigenvalue weighted by molar-refractivity contribution is 0.186. The van der Waals surface area contributed by atoms with Crippen molar-refractivity contribution in [3.05, 3.63) is 53.6 Å². The summed E-state index contributed by atoms with van der Waals surface area (Å²) in [5, 5.41) is 23.8. The van der Waals surface area contributed by atoms with Gasteiger partial charge in [0.2, 0.25) is 5.88 Å². The SMILES string of the molecule is Cc1nc(Oc2cc(C#N)ccc2-n2cc(C(O)CN)cn2)cc(N2CCCC(C)(C)C2)n1. The Hall–Kier alpha value is -3.48. The van der Waals surface area contributed by atoms with Gasteiger partial charge in [0.05, 0.1) is 23.9 Å². The van der Waals surface area contributed by atoms with Crippen LogP contribution in [0, 0.1) is 23.7 Å². The van der Waals surface area contributed by atoms with Crippen LogP contribution in [0.2, 0.25) is 0 Å². The summed E-state index contributed by atoms with van der Waals surface area (Å²) in [4.78, 5) is 11.4. The zero-order chi connectivity index (χ0) is 23.6. The van der Waals surface area contributed by atoms with Gasteiger partial charge in [-0.2, -0.15) is 15.3 Å². The van der Waals surface area contributed by atoms with Crippen molar-refractivity contribution in [2.45, 2.75) is 39.7 Å². The standard InChI is InChI=1S/C24H29N7O2/c1-16-28-22(30-8-4-7-24(2,3)15-30)10-23(29-16)33-21-9-17(11-25)5-6-19(21)31-14-18(13-27-31)20(32)12-26/h5-6,9-10,13-14,20,32H,4,7-8,12,15,26H2,1-3H3. The van der Waals surface area contributed by atoms with Crippen molar-refractivity contribution in [3.63, 3.8) is 0 Å². The van der Waals surface area contributed by atoms with Gasteiger partial charge in [0.25, 0.3) is 0 Å². The van der Waals surface area contributed by atoms with Crippen molar-refractivity contribution in [1.82, 2.24) is 19.7 Å². The van der Waals surface area contributed by atoms with Crippen LogP contribution in [0.1, 0.15) is 49.7 Å². The molecule has 0 spiro atoms. The average Bonchev–Trinajstić information content (AvgIpc) is 3.27. The Balaban J connectivity index is 1.68. The molecule has 2 aromatic heterocycles. The Bertz CT molecular complexity index is 1180. The number of nitriles is 1. The van der Waals surface area contributed by atoms with Gasteiger partial charge < -0.3 is 20.5 Å². The normalized spacial score (nSPS) is 16.3. The first-order valence-electron chi connectivity index (χ1n) is 11.0. The maximum atomic E-state index is 10.0. The molecule has 1 aromatic carbocycles. The number of nitrogens with zero attached hydrogens (tertiary/aromatic N) is 6. The molecule has 0 radical (unpaired) electrons. The van der Waals surface area contributed by atoms with E-state index in [-0.39, 0.29) is 12.0 Å². The lowest BCUT2D eigenvalue weighted by atomic mass is 9.84. The number of hydrogen-bond acceptors (Lipinski definition) is 8. The van der Waals surface area contributed by atoms with Crippen molar-refractivity contribution in [3.8, 4) is 23.4 Å². The number of anilines is 1. The Labute approximate surface area is 193 Å². The maximum absolute atomic E-state index is 10.0. The Morgan fingerprint density at radius 2 is 2.12 bits per heavy atom. The summed E-state index contributed by atoms with van der Waals surface area (Å²) in [6, 6.07) is 9.07. The second-order valence-corrected chi connectivity index (χ2v) is 9.17. The number of piperidine rings is 1. The van der Waals surface area contributed by atoms with Crippen LogP contribution in [0.3, 0.4) is 0 Å². The van der Waals surface area contributed by atoms with Crippen LogP contribution in [0.5, 0.6) is 11.6 Å². The van der Waals surface area contributed by atoms with E-state index in [0.717, 1.165) is 25.3 Å². The molecule has 9 nitrogen and oxygen atoms in total. The van der Waals surface area contributed by atoms with E-state index in [1.807, 2.05) is 13.0 Å². The minimum absolute atomic E-state index is 0.0959. The molecular formula is C24H29N7O2. The first-order valence-corrected chi connectivity index (χ1v) is 11.0. The number of aliphatic hydroxyl groups is 1. The van der Waals surface area contributed by atoms with Crippen LogP contribution >= 0.6 is 0 Å². The van der Waals surface area contributed by atoms with E-state index in [9.17, 15) is 10.4 Å². The number of benzene rings is 1. The minimum atomic E-state index is -0.803. The summed E-state index contributed by atoms with van der Waals surface area (Å²) < 4.78 is 7.78. The highest BCUT2D eigenvalue weighted by Gasteiger charge is 2.27. The monoisotopic (exact) mass is 447 g/mol. The van der Waals surface area contributed by atoms with Crippen LogP contribution in [0.25, 0.3) is 5.69 Å². The van der Waals surface area contributed by atoms with Gasteiger partial charge in [-0.1, -0.05) is 13.8 Å². The number of rotatable bonds is 6. The highest BCUT2D eigenvalue weighted by atomic mass is 16.5. The molecule has 3 N–H and O–H groups in total. The Kier molecular flexibility index (Phi) is 6.31. The highest BCUT2D eigenvalue weighted by Crippen LogP contribution is 2.34. The van der Waals surface area contributed by atoms with Crippen molar-refractivity contribution < 1.29 is 9.84 Å². The Morgan fingerprint density at radius 1 is 1.30 bits per heavy atom. The molecule has 33 heavy (non-hydrogen) atoms. The quantitative estimate of drug-likeness (QED) is 0.590. The van der Waals surface area contributed by atoms with Crippen molar-refractivity contribution in [2.75, 3.05) is 24.5 Å². The number of ether oxygens (including phenoxy) is 1. The largest absolute Gasteiger partial charge is 0.437 e. The molecule has 9 heteroatoms. The molecule has 172 valence electrons. The van der Waals surface area contributed by atoms with Gasteiger partial charge in [-0.25, -0.2) is 9.67 Å². The van der Waals surface area contributed by atoms with E-state index in [2.05, 4.69) is 39.9 Å². The molecule has 0 bridgehead atoms. The van der Waals surface area contributed by atoms with Crippen LogP contribution in [-0.2, 0) is 0 Å². The van der Waals surface area contributed by atoms with E-state index in [4.69, 9.17) is 10.5 Å². The lowest BCUT2D eigenvalue weighted by Gasteiger charge is -2.38.